The van der Waals surface area contributed by atoms with Gasteiger partial charge < -0.3 is 14.4 Å². The molecule has 1 amide bonds. The Kier molecular flexibility index (Phi) is 5.14. The van der Waals surface area contributed by atoms with Crippen molar-refractivity contribution in [1.29, 1.82) is 0 Å². The number of carbonyl (C=O) groups excluding carboxylic acids is 2. The Labute approximate surface area is 129 Å². The highest BCUT2D eigenvalue weighted by atomic mass is 16.5. The lowest BCUT2D eigenvalue weighted by Crippen LogP contribution is -2.31. The number of nitrogens with zero attached hydrogens (tertiary/aromatic N) is 1. The number of para-hydroxylation sites is 2. The molecule has 2 rings (SSSR count). The molecular weight excluding hydrogens is 282 g/mol. The Morgan fingerprint density at radius 3 is 2.50 bits per heavy atom. The lowest BCUT2D eigenvalue weighted by atomic mass is 10.2. The molecule has 0 aliphatic carbocycles. The largest absolute Gasteiger partial charge is 0.493 e. The van der Waals surface area contributed by atoms with Gasteiger partial charge in [0.2, 0.25) is 0 Å². The molecule has 0 saturated heterocycles. The van der Waals surface area contributed by atoms with Gasteiger partial charge in [0.15, 0.2) is 24.4 Å². The third-order valence-corrected chi connectivity index (χ3v) is 3.21. The molecule has 114 valence electrons. The summed E-state index contributed by atoms with van der Waals surface area (Å²) >= 11 is 0. The normalized spacial score (nSPS) is 9.91. The molecule has 0 heterocycles. The first kappa shape index (κ1) is 15.6. The van der Waals surface area contributed by atoms with E-state index in [1.165, 1.54) is 12.0 Å². The van der Waals surface area contributed by atoms with Crippen LogP contribution in [0.25, 0.3) is 0 Å². The van der Waals surface area contributed by atoms with Gasteiger partial charge in [-0.15, -0.1) is 0 Å². The zero-order valence-electron chi connectivity index (χ0n) is 12.5. The van der Waals surface area contributed by atoms with Gasteiger partial charge in [-0.2, -0.15) is 0 Å². The molecule has 0 unspecified atom stereocenters. The average molecular weight is 299 g/mol. The second-order valence-corrected chi connectivity index (χ2v) is 4.57. The number of likely N-dealkylation sites (N-methyl/N-ethyl adjacent to an activating group) is 1. The number of hydrogen-bond donors (Lipinski definition) is 0. The summed E-state index contributed by atoms with van der Waals surface area (Å²) in [6.45, 7) is -0.188. The Morgan fingerprint density at radius 2 is 1.86 bits per heavy atom. The van der Waals surface area contributed by atoms with Crippen LogP contribution in [-0.4, -0.2) is 33.0 Å². The van der Waals surface area contributed by atoms with Crippen molar-refractivity contribution in [2.45, 2.75) is 0 Å². The summed E-state index contributed by atoms with van der Waals surface area (Å²) in [4.78, 5) is 24.7. The van der Waals surface area contributed by atoms with E-state index in [4.69, 9.17) is 9.47 Å². The number of rotatable bonds is 6. The van der Waals surface area contributed by atoms with Crippen LogP contribution in [0, 0.1) is 0 Å². The highest BCUT2D eigenvalue weighted by Crippen LogP contribution is 2.30. The second-order valence-electron chi connectivity index (χ2n) is 4.57. The quantitative estimate of drug-likeness (QED) is 0.769. The molecule has 0 fully saturated rings. The Bertz CT molecular complexity index is 655. The predicted octanol–water partition coefficient (Wildman–Crippen LogP) is 2.55. The number of hydrogen-bond acceptors (Lipinski definition) is 4. The number of ether oxygens (including phenoxy) is 2. The lowest BCUT2D eigenvalue weighted by Gasteiger charge is -2.18. The van der Waals surface area contributed by atoms with Gasteiger partial charge in [0.1, 0.15) is 0 Å². The lowest BCUT2D eigenvalue weighted by molar-refractivity contribution is -0.120. The van der Waals surface area contributed by atoms with Crippen LogP contribution >= 0.6 is 0 Å². The third kappa shape index (κ3) is 3.44. The van der Waals surface area contributed by atoms with Crippen molar-refractivity contribution in [3.8, 4) is 11.5 Å². The Hall–Kier alpha value is -2.82. The number of aldehydes is 1. The van der Waals surface area contributed by atoms with Crippen LogP contribution in [0.5, 0.6) is 11.5 Å². The topological polar surface area (TPSA) is 55.8 Å². The van der Waals surface area contributed by atoms with E-state index in [1.54, 1.807) is 25.2 Å². The van der Waals surface area contributed by atoms with Crippen molar-refractivity contribution in [2.24, 2.45) is 0 Å². The van der Waals surface area contributed by atoms with Crippen LogP contribution < -0.4 is 14.4 Å². The fourth-order valence-electron chi connectivity index (χ4n) is 1.97. The summed E-state index contributed by atoms with van der Waals surface area (Å²) in [5.74, 6) is 0.462. The third-order valence-electron chi connectivity index (χ3n) is 3.21. The molecular formula is C17H17NO4. The number of amides is 1. The van der Waals surface area contributed by atoms with Gasteiger partial charge in [-0.3, -0.25) is 9.59 Å². The number of carbonyl (C=O) groups is 2. The monoisotopic (exact) mass is 299 g/mol. The number of benzene rings is 2. The van der Waals surface area contributed by atoms with Crippen LogP contribution in [0.3, 0.4) is 0 Å². The summed E-state index contributed by atoms with van der Waals surface area (Å²) in [7, 11) is 3.15. The van der Waals surface area contributed by atoms with Gasteiger partial charge in [0.25, 0.3) is 5.91 Å². The summed E-state index contributed by atoms with van der Waals surface area (Å²) < 4.78 is 10.7. The zero-order chi connectivity index (χ0) is 15.9. The number of methoxy groups -OCH3 is 1. The molecule has 0 saturated carbocycles. The molecule has 0 aliphatic heterocycles. The maximum Gasteiger partial charge on any atom is 0.264 e. The fraction of sp³-hybridized carbons (Fsp3) is 0.176. The smallest absolute Gasteiger partial charge is 0.264 e. The maximum atomic E-state index is 12.2. The van der Waals surface area contributed by atoms with Crippen molar-refractivity contribution in [1.82, 2.24) is 0 Å². The molecule has 5 heteroatoms. The van der Waals surface area contributed by atoms with Gasteiger partial charge in [-0.25, -0.2) is 0 Å². The van der Waals surface area contributed by atoms with E-state index in [2.05, 4.69) is 0 Å². The molecule has 0 radical (unpaired) electrons. The van der Waals surface area contributed by atoms with E-state index in [0.29, 0.717) is 17.6 Å². The van der Waals surface area contributed by atoms with Gasteiger partial charge in [-0.1, -0.05) is 24.3 Å². The minimum Gasteiger partial charge on any atom is -0.493 e. The van der Waals surface area contributed by atoms with Crippen LogP contribution in [0.2, 0.25) is 0 Å². The van der Waals surface area contributed by atoms with Crippen LogP contribution in [0.15, 0.2) is 48.5 Å². The van der Waals surface area contributed by atoms with Crippen LogP contribution in [0.1, 0.15) is 10.4 Å². The van der Waals surface area contributed by atoms with Crippen molar-refractivity contribution in [2.75, 3.05) is 25.7 Å². The first-order valence-electron chi connectivity index (χ1n) is 6.74. The predicted molar refractivity (Wildman–Crippen MR) is 83.7 cm³/mol. The van der Waals surface area contributed by atoms with Gasteiger partial charge in [0, 0.05) is 12.7 Å². The van der Waals surface area contributed by atoms with E-state index in [9.17, 15) is 9.59 Å². The van der Waals surface area contributed by atoms with E-state index in [-0.39, 0.29) is 18.3 Å². The maximum absolute atomic E-state index is 12.2. The van der Waals surface area contributed by atoms with Crippen molar-refractivity contribution < 1.29 is 19.1 Å². The Morgan fingerprint density at radius 1 is 1.14 bits per heavy atom. The molecule has 0 N–H and O–H groups in total. The molecule has 2 aromatic rings. The summed E-state index contributed by atoms with van der Waals surface area (Å²) in [6.07, 6.45) is 0.670. The van der Waals surface area contributed by atoms with E-state index in [0.717, 1.165) is 5.69 Å². The molecule has 0 bridgehead atoms. The van der Waals surface area contributed by atoms with Crippen LogP contribution in [0.4, 0.5) is 5.69 Å². The van der Waals surface area contributed by atoms with Gasteiger partial charge >= 0.3 is 0 Å². The second kappa shape index (κ2) is 7.26. The standard InChI is InChI=1S/C17H17NO4/c1-18(14-8-4-3-5-9-14)16(20)12-22-17-13(11-19)7-6-10-15(17)21-2/h3-11H,12H2,1-2H3. The Balaban J connectivity index is 2.10. The fourth-order valence-corrected chi connectivity index (χ4v) is 1.97. The van der Waals surface area contributed by atoms with Gasteiger partial charge in [0.05, 0.1) is 12.7 Å². The van der Waals surface area contributed by atoms with Crippen molar-refractivity contribution in [3.05, 3.63) is 54.1 Å². The van der Waals surface area contributed by atoms with Crippen molar-refractivity contribution in [3.63, 3.8) is 0 Å². The highest BCUT2D eigenvalue weighted by Gasteiger charge is 2.15. The highest BCUT2D eigenvalue weighted by molar-refractivity contribution is 5.94. The van der Waals surface area contributed by atoms with E-state index < -0.39 is 0 Å². The van der Waals surface area contributed by atoms with Crippen LogP contribution in [-0.2, 0) is 4.79 Å². The minimum atomic E-state index is -0.228. The van der Waals surface area contributed by atoms with Crippen molar-refractivity contribution >= 4 is 17.9 Å². The molecule has 5 nitrogen and oxygen atoms in total. The first-order chi connectivity index (χ1) is 10.7. The summed E-state index contributed by atoms with van der Waals surface area (Å²) in [6, 6.07) is 14.2. The number of anilines is 1. The molecule has 0 aromatic heterocycles. The first-order valence-corrected chi connectivity index (χ1v) is 6.74. The SMILES string of the molecule is COc1cccc(C=O)c1OCC(=O)N(C)c1ccccc1. The minimum absolute atomic E-state index is 0.188. The molecule has 0 spiro atoms. The summed E-state index contributed by atoms with van der Waals surface area (Å²) in [5.41, 5.74) is 1.11. The molecule has 22 heavy (non-hydrogen) atoms. The molecule has 0 atom stereocenters. The molecule has 2 aromatic carbocycles. The summed E-state index contributed by atoms with van der Waals surface area (Å²) in [5, 5.41) is 0. The zero-order valence-corrected chi connectivity index (χ0v) is 12.5. The van der Waals surface area contributed by atoms with E-state index in [1.807, 2.05) is 30.3 Å². The average Bonchev–Trinajstić information content (AvgIpc) is 2.59. The molecule has 0 aliphatic rings. The van der Waals surface area contributed by atoms with E-state index >= 15 is 0 Å². The van der Waals surface area contributed by atoms with Gasteiger partial charge in [-0.05, 0) is 24.3 Å².